The lowest BCUT2D eigenvalue weighted by Gasteiger charge is -2.22. The molecule has 2 amide bonds. The van der Waals surface area contributed by atoms with Gasteiger partial charge in [0.2, 0.25) is 11.8 Å². The molecular formula is C12H20N2O2. The fourth-order valence-electron chi connectivity index (χ4n) is 2.91. The summed E-state index contributed by atoms with van der Waals surface area (Å²) in [5.74, 6) is -0.311. The zero-order valence-corrected chi connectivity index (χ0v) is 9.79. The van der Waals surface area contributed by atoms with Gasteiger partial charge in [0.15, 0.2) is 0 Å². The molecular weight excluding hydrogens is 204 g/mol. The van der Waals surface area contributed by atoms with Crippen LogP contribution in [0, 0.1) is 11.3 Å². The highest BCUT2D eigenvalue weighted by Gasteiger charge is 2.57. The van der Waals surface area contributed by atoms with Gasteiger partial charge in [0.1, 0.15) is 6.04 Å². The Labute approximate surface area is 96.0 Å². The van der Waals surface area contributed by atoms with E-state index < -0.39 is 11.9 Å². The third kappa shape index (κ3) is 2.06. The molecule has 0 unspecified atom stereocenters. The standard InChI is InChI=1S/C12H20N2O2/c1-8(10(13)15)14-11(16)9-7-12(9)5-3-2-4-6-12/h8-9H,2-7H2,1H3,(H2,13,15)(H,14,16)/t8-,9-/m1/s1. The average Bonchev–Trinajstić information content (AvgIpc) is 2.93. The van der Waals surface area contributed by atoms with Crippen LogP contribution in [0.5, 0.6) is 0 Å². The molecule has 4 heteroatoms. The van der Waals surface area contributed by atoms with Gasteiger partial charge in [-0.15, -0.1) is 0 Å². The number of nitrogens with one attached hydrogen (secondary N) is 1. The van der Waals surface area contributed by atoms with Gasteiger partial charge in [0, 0.05) is 5.92 Å². The summed E-state index contributed by atoms with van der Waals surface area (Å²) in [5.41, 5.74) is 5.40. The summed E-state index contributed by atoms with van der Waals surface area (Å²) in [6, 6.07) is -0.547. The minimum Gasteiger partial charge on any atom is -0.368 e. The van der Waals surface area contributed by atoms with Gasteiger partial charge >= 0.3 is 0 Å². The molecule has 0 aromatic rings. The van der Waals surface area contributed by atoms with Gasteiger partial charge in [0.25, 0.3) is 0 Å². The van der Waals surface area contributed by atoms with Crippen molar-refractivity contribution in [1.82, 2.24) is 5.32 Å². The highest BCUT2D eigenvalue weighted by molar-refractivity contribution is 5.89. The number of hydrogen-bond acceptors (Lipinski definition) is 2. The molecule has 0 bridgehead atoms. The van der Waals surface area contributed by atoms with Crippen molar-refractivity contribution in [3.8, 4) is 0 Å². The average molecular weight is 224 g/mol. The molecule has 3 N–H and O–H groups in total. The number of carbonyl (C=O) groups excluding carboxylic acids is 2. The fourth-order valence-corrected chi connectivity index (χ4v) is 2.91. The molecule has 4 nitrogen and oxygen atoms in total. The van der Waals surface area contributed by atoms with Crippen LogP contribution in [0.15, 0.2) is 0 Å². The van der Waals surface area contributed by atoms with Gasteiger partial charge < -0.3 is 11.1 Å². The van der Waals surface area contributed by atoms with Crippen molar-refractivity contribution in [3.63, 3.8) is 0 Å². The third-order valence-corrected chi connectivity index (χ3v) is 4.14. The summed E-state index contributed by atoms with van der Waals surface area (Å²) >= 11 is 0. The Morgan fingerprint density at radius 3 is 2.50 bits per heavy atom. The minimum absolute atomic E-state index is 0.0215. The summed E-state index contributed by atoms with van der Waals surface area (Å²) in [7, 11) is 0. The SMILES string of the molecule is C[C@@H](NC(=O)[C@H]1CC12CCCCC2)C(N)=O. The maximum absolute atomic E-state index is 11.9. The largest absolute Gasteiger partial charge is 0.368 e. The molecule has 0 aromatic carbocycles. The lowest BCUT2D eigenvalue weighted by atomic mass is 9.84. The highest BCUT2D eigenvalue weighted by atomic mass is 16.2. The van der Waals surface area contributed by atoms with Crippen molar-refractivity contribution in [2.24, 2.45) is 17.1 Å². The van der Waals surface area contributed by atoms with Crippen molar-refractivity contribution in [2.75, 3.05) is 0 Å². The van der Waals surface area contributed by atoms with Gasteiger partial charge in [-0.25, -0.2) is 0 Å². The van der Waals surface area contributed by atoms with Gasteiger partial charge in [-0.05, 0) is 31.6 Å². The van der Waals surface area contributed by atoms with Crippen LogP contribution in [-0.2, 0) is 9.59 Å². The summed E-state index contributed by atoms with van der Waals surface area (Å²) in [5, 5.41) is 2.70. The fraction of sp³-hybridized carbons (Fsp3) is 0.833. The van der Waals surface area contributed by atoms with Gasteiger partial charge in [0.05, 0.1) is 0 Å². The minimum atomic E-state index is -0.547. The van der Waals surface area contributed by atoms with Crippen LogP contribution in [0.3, 0.4) is 0 Å². The van der Waals surface area contributed by atoms with Gasteiger partial charge in [-0.2, -0.15) is 0 Å². The van der Waals surface area contributed by atoms with E-state index in [1.807, 2.05) is 0 Å². The van der Waals surface area contributed by atoms with E-state index in [4.69, 9.17) is 5.73 Å². The van der Waals surface area contributed by atoms with Crippen LogP contribution >= 0.6 is 0 Å². The van der Waals surface area contributed by atoms with Crippen LogP contribution in [0.4, 0.5) is 0 Å². The van der Waals surface area contributed by atoms with E-state index in [1.165, 1.54) is 32.1 Å². The molecule has 16 heavy (non-hydrogen) atoms. The molecule has 0 radical (unpaired) electrons. The summed E-state index contributed by atoms with van der Waals surface area (Å²) < 4.78 is 0. The predicted octanol–water partition coefficient (Wildman–Crippen LogP) is 0.947. The zero-order valence-electron chi connectivity index (χ0n) is 9.79. The van der Waals surface area contributed by atoms with E-state index in [9.17, 15) is 9.59 Å². The molecule has 2 fully saturated rings. The molecule has 0 saturated heterocycles. The van der Waals surface area contributed by atoms with Crippen LogP contribution in [-0.4, -0.2) is 17.9 Å². The molecule has 90 valence electrons. The van der Waals surface area contributed by atoms with Crippen molar-refractivity contribution >= 4 is 11.8 Å². The highest BCUT2D eigenvalue weighted by Crippen LogP contribution is 2.61. The predicted molar refractivity (Wildman–Crippen MR) is 60.4 cm³/mol. The summed E-state index contributed by atoms with van der Waals surface area (Å²) in [6.07, 6.45) is 7.15. The third-order valence-electron chi connectivity index (χ3n) is 4.14. The van der Waals surface area contributed by atoms with E-state index >= 15 is 0 Å². The van der Waals surface area contributed by atoms with Gasteiger partial charge in [-0.1, -0.05) is 19.3 Å². The van der Waals surface area contributed by atoms with Crippen molar-refractivity contribution in [1.29, 1.82) is 0 Å². The Balaban J connectivity index is 1.86. The smallest absolute Gasteiger partial charge is 0.239 e. The topological polar surface area (TPSA) is 72.2 Å². The lowest BCUT2D eigenvalue weighted by molar-refractivity contribution is -0.128. The van der Waals surface area contributed by atoms with Crippen LogP contribution in [0.1, 0.15) is 45.4 Å². The van der Waals surface area contributed by atoms with Crippen molar-refractivity contribution in [2.45, 2.75) is 51.5 Å². The first-order valence-corrected chi connectivity index (χ1v) is 6.15. The van der Waals surface area contributed by atoms with Gasteiger partial charge in [-0.3, -0.25) is 9.59 Å². The molecule has 2 aliphatic carbocycles. The molecule has 2 aliphatic rings. The number of nitrogens with two attached hydrogens (primary N) is 1. The molecule has 2 saturated carbocycles. The zero-order chi connectivity index (χ0) is 11.8. The first kappa shape index (κ1) is 11.4. The number of amides is 2. The lowest BCUT2D eigenvalue weighted by Crippen LogP contribution is -2.43. The Bertz CT molecular complexity index is 308. The maximum Gasteiger partial charge on any atom is 0.239 e. The second-order valence-electron chi connectivity index (χ2n) is 5.31. The first-order valence-electron chi connectivity index (χ1n) is 6.15. The quantitative estimate of drug-likeness (QED) is 0.749. The monoisotopic (exact) mass is 224 g/mol. The van der Waals surface area contributed by atoms with E-state index in [0.717, 1.165) is 6.42 Å². The van der Waals surface area contributed by atoms with Crippen molar-refractivity contribution < 1.29 is 9.59 Å². The van der Waals surface area contributed by atoms with E-state index in [-0.39, 0.29) is 17.2 Å². The Morgan fingerprint density at radius 1 is 1.31 bits per heavy atom. The van der Waals surface area contributed by atoms with E-state index in [2.05, 4.69) is 5.32 Å². The Morgan fingerprint density at radius 2 is 1.94 bits per heavy atom. The van der Waals surface area contributed by atoms with Crippen LogP contribution in [0.25, 0.3) is 0 Å². The molecule has 0 heterocycles. The molecule has 0 aliphatic heterocycles. The van der Waals surface area contributed by atoms with E-state index in [0.29, 0.717) is 0 Å². The normalized spacial score (nSPS) is 28.4. The molecule has 1 spiro atoms. The Hall–Kier alpha value is -1.06. The Kier molecular flexibility index (Phi) is 2.91. The van der Waals surface area contributed by atoms with E-state index in [1.54, 1.807) is 6.92 Å². The first-order chi connectivity index (χ1) is 7.55. The molecule has 0 aromatic heterocycles. The summed E-state index contributed by atoms with van der Waals surface area (Å²) in [6.45, 7) is 1.64. The maximum atomic E-state index is 11.9. The van der Waals surface area contributed by atoms with Crippen molar-refractivity contribution in [3.05, 3.63) is 0 Å². The number of primary amides is 1. The molecule has 2 rings (SSSR count). The number of hydrogen-bond donors (Lipinski definition) is 2. The molecule has 2 atom stereocenters. The summed E-state index contributed by atoms with van der Waals surface area (Å²) in [4.78, 5) is 22.7. The van der Waals surface area contributed by atoms with Crippen LogP contribution < -0.4 is 11.1 Å². The second-order valence-corrected chi connectivity index (χ2v) is 5.31. The second kappa shape index (κ2) is 4.07. The number of carbonyl (C=O) groups is 2. The number of rotatable bonds is 3. The van der Waals surface area contributed by atoms with Crippen LogP contribution in [0.2, 0.25) is 0 Å².